The highest BCUT2D eigenvalue weighted by Gasteiger charge is 2.10. The van der Waals surface area contributed by atoms with Gasteiger partial charge in [0.05, 0.1) is 18.8 Å². The summed E-state index contributed by atoms with van der Waals surface area (Å²) in [5.41, 5.74) is 2.28. The summed E-state index contributed by atoms with van der Waals surface area (Å²) >= 11 is 0. The van der Waals surface area contributed by atoms with Crippen molar-refractivity contribution in [3.63, 3.8) is 0 Å². The Morgan fingerprint density at radius 2 is 1.62 bits per heavy atom. The van der Waals surface area contributed by atoms with Gasteiger partial charge >= 0.3 is 0 Å². The van der Waals surface area contributed by atoms with Crippen molar-refractivity contribution in [3.05, 3.63) is 35.4 Å². The van der Waals surface area contributed by atoms with Crippen LogP contribution in [0.15, 0.2) is 29.3 Å². The molecule has 0 fully saturated rings. The number of nitrogens with zero attached hydrogens (tertiary/aromatic N) is 3. The van der Waals surface area contributed by atoms with Crippen LogP contribution < -0.4 is 0 Å². The fourth-order valence-corrected chi connectivity index (χ4v) is 1.96. The zero-order chi connectivity index (χ0) is 16.0. The minimum Gasteiger partial charge on any atom is -0.371 e. The maximum absolute atomic E-state index is 5.82. The van der Waals surface area contributed by atoms with Gasteiger partial charge in [-0.3, -0.25) is 0 Å². The van der Waals surface area contributed by atoms with E-state index < -0.39 is 0 Å². The molecule has 0 amide bonds. The Hall–Kier alpha value is -1.55. The van der Waals surface area contributed by atoms with Crippen LogP contribution in [0.4, 0.5) is 0 Å². The largest absolute Gasteiger partial charge is 0.371 e. The van der Waals surface area contributed by atoms with Gasteiger partial charge in [0.15, 0.2) is 5.96 Å². The van der Waals surface area contributed by atoms with E-state index in [1.807, 2.05) is 38.0 Å². The first-order valence-corrected chi connectivity index (χ1v) is 7.30. The molecule has 0 spiro atoms. The van der Waals surface area contributed by atoms with Crippen LogP contribution >= 0.6 is 0 Å². The van der Waals surface area contributed by atoms with Crippen LogP contribution in [0.3, 0.4) is 0 Å². The Bertz CT molecular complexity index is 463. The minimum atomic E-state index is -0.114. The molecular formula is C17H29N3O. The Kier molecular flexibility index (Phi) is 6.21. The normalized spacial score (nSPS) is 11.2. The lowest BCUT2D eigenvalue weighted by Gasteiger charge is -2.22. The first kappa shape index (κ1) is 17.5. The van der Waals surface area contributed by atoms with Gasteiger partial charge < -0.3 is 14.5 Å². The third-order valence-corrected chi connectivity index (χ3v) is 2.87. The molecule has 118 valence electrons. The van der Waals surface area contributed by atoms with Crippen molar-refractivity contribution in [2.45, 2.75) is 39.5 Å². The second kappa shape index (κ2) is 7.46. The SMILES string of the molecule is CN(C)C(=NCc1cccc(COC(C)(C)C)c1)N(C)C. The molecule has 21 heavy (non-hydrogen) atoms. The van der Waals surface area contributed by atoms with Crippen LogP contribution in [0.25, 0.3) is 0 Å². The number of aliphatic imine (C=N–C) groups is 1. The summed E-state index contributed by atoms with van der Waals surface area (Å²) < 4.78 is 5.82. The predicted octanol–water partition coefficient (Wildman–Crippen LogP) is 2.98. The number of hydrogen-bond acceptors (Lipinski definition) is 2. The van der Waals surface area contributed by atoms with E-state index in [1.165, 1.54) is 11.1 Å². The highest BCUT2D eigenvalue weighted by molar-refractivity contribution is 5.79. The Labute approximate surface area is 129 Å². The molecule has 0 N–H and O–H groups in total. The van der Waals surface area contributed by atoms with Gasteiger partial charge in [0, 0.05) is 28.2 Å². The highest BCUT2D eigenvalue weighted by atomic mass is 16.5. The van der Waals surface area contributed by atoms with E-state index >= 15 is 0 Å². The third kappa shape index (κ3) is 6.63. The van der Waals surface area contributed by atoms with Gasteiger partial charge in [0.1, 0.15) is 0 Å². The van der Waals surface area contributed by atoms with Gasteiger partial charge in [-0.1, -0.05) is 24.3 Å². The van der Waals surface area contributed by atoms with E-state index in [-0.39, 0.29) is 5.60 Å². The average Bonchev–Trinajstić information content (AvgIpc) is 2.35. The molecule has 0 aliphatic carbocycles. The average molecular weight is 291 g/mol. The summed E-state index contributed by atoms with van der Waals surface area (Å²) in [6, 6.07) is 8.43. The monoisotopic (exact) mass is 291 g/mol. The number of ether oxygens (including phenoxy) is 1. The summed E-state index contributed by atoms with van der Waals surface area (Å²) in [6.07, 6.45) is 0. The zero-order valence-electron chi connectivity index (χ0n) is 14.5. The van der Waals surface area contributed by atoms with Crippen LogP contribution in [0.1, 0.15) is 31.9 Å². The minimum absolute atomic E-state index is 0.114. The lowest BCUT2D eigenvalue weighted by molar-refractivity contribution is -0.0149. The summed E-state index contributed by atoms with van der Waals surface area (Å²) in [7, 11) is 8.03. The Balaban J connectivity index is 2.74. The summed E-state index contributed by atoms with van der Waals surface area (Å²) in [4.78, 5) is 8.71. The van der Waals surface area contributed by atoms with Gasteiger partial charge in [-0.25, -0.2) is 4.99 Å². The maximum atomic E-state index is 5.82. The third-order valence-electron chi connectivity index (χ3n) is 2.87. The standard InChI is InChI=1S/C17H29N3O/c1-17(2,3)21-13-15-10-8-9-14(11-15)12-18-16(19(4)5)20(6)7/h8-11H,12-13H2,1-7H3. The van der Waals surface area contributed by atoms with Crippen LogP contribution in [0.5, 0.6) is 0 Å². The van der Waals surface area contributed by atoms with Crippen molar-refractivity contribution >= 4 is 5.96 Å². The van der Waals surface area contributed by atoms with Crippen molar-refractivity contribution in [3.8, 4) is 0 Å². The lowest BCUT2D eigenvalue weighted by atomic mass is 10.1. The number of rotatable bonds is 4. The van der Waals surface area contributed by atoms with Crippen molar-refractivity contribution in [1.82, 2.24) is 9.80 Å². The van der Waals surface area contributed by atoms with Gasteiger partial charge in [-0.2, -0.15) is 0 Å². The molecule has 0 aliphatic heterocycles. The van der Waals surface area contributed by atoms with E-state index in [1.54, 1.807) is 0 Å². The first-order chi connectivity index (χ1) is 9.69. The van der Waals surface area contributed by atoms with E-state index in [4.69, 9.17) is 4.74 Å². The molecular weight excluding hydrogens is 262 g/mol. The number of guanidine groups is 1. The Morgan fingerprint density at radius 1 is 1.05 bits per heavy atom. The summed E-state index contributed by atoms with van der Waals surface area (Å²) in [5, 5.41) is 0. The molecule has 1 aromatic carbocycles. The molecule has 0 bridgehead atoms. The van der Waals surface area contributed by atoms with Crippen LogP contribution in [0, 0.1) is 0 Å². The van der Waals surface area contributed by atoms with Crippen LogP contribution in [-0.2, 0) is 17.9 Å². The van der Waals surface area contributed by atoms with E-state index in [2.05, 4.69) is 50.0 Å². The van der Waals surface area contributed by atoms with E-state index in [0.717, 1.165) is 5.96 Å². The number of benzene rings is 1. The van der Waals surface area contributed by atoms with Crippen LogP contribution in [-0.4, -0.2) is 49.6 Å². The molecule has 4 heteroatoms. The highest BCUT2D eigenvalue weighted by Crippen LogP contribution is 2.13. The molecule has 0 heterocycles. The van der Waals surface area contributed by atoms with Crippen molar-refractivity contribution in [2.24, 2.45) is 4.99 Å². The topological polar surface area (TPSA) is 28.1 Å². The maximum Gasteiger partial charge on any atom is 0.195 e. The molecule has 0 radical (unpaired) electrons. The first-order valence-electron chi connectivity index (χ1n) is 7.30. The quantitative estimate of drug-likeness (QED) is 0.630. The van der Waals surface area contributed by atoms with Crippen LogP contribution in [0.2, 0.25) is 0 Å². The molecule has 0 saturated heterocycles. The predicted molar refractivity (Wildman–Crippen MR) is 89.5 cm³/mol. The zero-order valence-corrected chi connectivity index (χ0v) is 14.5. The molecule has 0 unspecified atom stereocenters. The van der Waals surface area contributed by atoms with Crippen molar-refractivity contribution < 1.29 is 4.74 Å². The molecule has 1 rings (SSSR count). The second-order valence-corrected chi connectivity index (χ2v) is 6.63. The molecule has 1 aromatic rings. The smallest absolute Gasteiger partial charge is 0.195 e. The van der Waals surface area contributed by atoms with Gasteiger partial charge in [-0.15, -0.1) is 0 Å². The van der Waals surface area contributed by atoms with Gasteiger partial charge in [-0.05, 0) is 31.9 Å². The molecule has 0 aromatic heterocycles. The summed E-state index contributed by atoms with van der Waals surface area (Å²) in [5.74, 6) is 0.964. The summed E-state index contributed by atoms with van der Waals surface area (Å²) in [6.45, 7) is 7.52. The van der Waals surface area contributed by atoms with Crippen molar-refractivity contribution in [2.75, 3.05) is 28.2 Å². The second-order valence-electron chi connectivity index (χ2n) is 6.63. The number of hydrogen-bond donors (Lipinski definition) is 0. The van der Waals surface area contributed by atoms with Gasteiger partial charge in [0.2, 0.25) is 0 Å². The fourth-order valence-electron chi connectivity index (χ4n) is 1.96. The molecule has 0 atom stereocenters. The van der Waals surface area contributed by atoms with Crippen molar-refractivity contribution in [1.29, 1.82) is 0 Å². The fraction of sp³-hybridized carbons (Fsp3) is 0.588. The van der Waals surface area contributed by atoms with Gasteiger partial charge in [0.25, 0.3) is 0 Å². The van der Waals surface area contributed by atoms with E-state index in [0.29, 0.717) is 13.2 Å². The molecule has 0 saturated carbocycles. The Morgan fingerprint density at radius 3 is 2.14 bits per heavy atom. The lowest BCUT2D eigenvalue weighted by Crippen LogP contribution is -2.35. The molecule has 0 aliphatic rings. The molecule has 4 nitrogen and oxygen atoms in total. The van der Waals surface area contributed by atoms with E-state index in [9.17, 15) is 0 Å².